The van der Waals surface area contributed by atoms with Gasteiger partial charge in [0.1, 0.15) is 0 Å². The lowest BCUT2D eigenvalue weighted by atomic mass is 10.1. The maximum Gasteiger partial charge on any atom is 0.243 e. The van der Waals surface area contributed by atoms with Gasteiger partial charge < -0.3 is 10.6 Å². The Balaban J connectivity index is 1.90. The molecule has 20 heavy (non-hydrogen) atoms. The first-order chi connectivity index (χ1) is 9.52. The highest BCUT2D eigenvalue weighted by atomic mass is 127. The molecule has 2 rings (SSSR count). The van der Waals surface area contributed by atoms with E-state index in [1.807, 2.05) is 50.2 Å². The van der Waals surface area contributed by atoms with Gasteiger partial charge in [-0.1, -0.05) is 6.07 Å². The number of rotatable bonds is 4. The van der Waals surface area contributed by atoms with Crippen LogP contribution in [0.1, 0.15) is 11.1 Å². The lowest BCUT2D eigenvalue weighted by molar-refractivity contribution is -0.114. The maximum absolute atomic E-state index is 11.9. The van der Waals surface area contributed by atoms with E-state index in [2.05, 4.69) is 39.3 Å². The van der Waals surface area contributed by atoms with Crippen molar-refractivity contribution in [3.05, 3.63) is 57.2 Å². The van der Waals surface area contributed by atoms with E-state index in [0.717, 1.165) is 14.9 Å². The van der Waals surface area contributed by atoms with Gasteiger partial charge in [0.15, 0.2) is 0 Å². The number of benzene rings is 2. The molecule has 0 spiro atoms. The fraction of sp³-hybridized carbons (Fsp3) is 0.188. The molecule has 0 heterocycles. The van der Waals surface area contributed by atoms with Crippen molar-refractivity contribution in [3.8, 4) is 0 Å². The molecule has 0 atom stereocenters. The summed E-state index contributed by atoms with van der Waals surface area (Å²) in [5, 5.41) is 6.01. The highest BCUT2D eigenvalue weighted by Gasteiger charge is 2.03. The van der Waals surface area contributed by atoms with E-state index >= 15 is 0 Å². The molecule has 0 unspecified atom stereocenters. The lowest BCUT2D eigenvalue weighted by Crippen LogP contribution is -2.21. The molecule has 0 bridgehead atoms. The number of amides is 1. The van der Waals surface area contributed by atoms with Crippen molar-refractivity contribution >= 4 is 39.9 Å². The summed E-state index contributed by atoms with van der Waals surface area (Å²) in [7, 11) is 0. The predicted octanol–water partition coefficient (Wildman–Crippen LogP) is 3.96. The van der Waals surface area contributed by atoms with Gasteiger partial charge in [0.05, 0.1) is 6.54 Å². The van der Waals surface area contributed by atoms with Crippen LogP contribution in [0.25, 0.3) is 0 Å². The van der Waals surface area contributed by atoms with Crippen molar-refractivity contribution in [2.45, 2.75) is 13.8 Å². The highest BCUT2D eigenvalue weighted by molar-refractivity contribution is 14.1. The second-order valence-electron chi connectivity index (χ2n) is 4.79. The number of halogens is 1. The average molecular weight is 380 g/mol. The van der Waals surface area contributed by atoms with E-state index in [0.29, 0.717) is 0 Å². The summed E-state index contributed by atoms with van der Waals surface area (Å²) >= 11 is 2.24. The van der Waals surface area contributed by atoms with Crippen LogP contribution in [0.3, 0.4) is 0 Å². The number of anilines is 2. The number of nitrogens with one attached hydrogen (secondary N) is 2. The monoisotopic (exact) mass is 380 g/mol. The third-order valence-electron chi connectivity index (χ3n) is 2.80. The first-order valence-electron chi connectivity index (χ1n) is 6.40. The second-order valence-corrected chi connectivity index (χ2v) is 6.03. The van der Waals surface area contributed by atoms with E-state index in [-0.39, 0.29) is 12.5 Å². The van der Waals surface area contributed by atoms with E-state index in [9.17, 15) is 4.79 Å². The number of carbonyl (C=O) groups is 1. The largest absolute Gasteiger partial charge is 0.376 e. The summed E-state index contributed by atoms with van der Waals surface area (Å²) < 4.78 is 1.15. The molecule has 2 aromatic rings. The molecule has 104 valence electrons. The first kappa shape index (κ1) is 14.8. The Labute approximate surface area is 132 Å². The van der Waals surface area contributed by atoms with Gasteiger partial charge in [-0.3, -0.25) is 4.79 Å². The summed E-state index contributed by atoms with van der Waals surface area (Å²) in [6.45, 7) is 4.35. The number of carbonyl (C=O) groups excluding carboxylic acids is 1. The van der Waals surface area contributed by atoms with Crippen molar-refractivity contribution < 1.29 is 4.79 Å². The Morgan fingerprint density at radius 1 is 1.00 bits per heavy atom. The second kappa shape index (κ2) is 6.74. The van der Waals surface area contributed by atoms with E-state index in [4.69, 9.17) is 0 Å². The third kappa shape index (κ3) is 4.52. The maximum atomic E-state index is 11.9. The van der Waals surface area contributed by atoms with Gasteiger partial charge >= 0.3 is 0 Å². The van der Waals surface area contributed by atoms with Crippen LogP contribution in [-0.2, 0) is 4.79 Å². The van der Waals surface area contributed by atoms with Crippen molar-refractivity contribution in [3.63, 3.8) is 0 Å². The van der Waals surface area contributed by atoms with Gasteiger partial charge in [0, 0.05) is 14.9 Å². The molecule has 0 fully saturated rings. The molecule has 0 aliphatic heterocycles. The first-order valence-corrected chi connectivity index (χ1v) is 7.48. The molecular weight excluding hydrogens is 363 g/mol. The summed E-state index contributed by atoms with van der Waals surface area (Å²) in [5.74, 6) is -0.0506. The Morgan fingerprint density at radius 3 is 2.20 bits per heavy atom. The minimum absolute atomic E-state index is 0.0506. The van der Waals surface area contributed by atoms with Crippen molar-refractivity contribution in [1.82, 2.24) is 0 Å². The van der Waals surface area contributed by atoms with Gasteiger partial charge in [-0.2, -0.15) is 0 Å². The van der Waals surface area contributed by atoms with Crippen molar-refractivity contribution in [1.29, 1.82) is 0 Å². The van der Waals surface area contributed by atoms with Gasteiger partial charge in [-0.15, -0.1) is 0 Å². The molecule has 0 aliphatic rings. The van der Waals surface area contributed by atoms with Crippen LogP contribution >= 0.6 is 22.6 Å². The number of hydrogen-bond acceptors (Lipinski definition) is 2. The summed E-state index contributed by atoms with van der Waals surface area (Å²) in [4.78, 5) is 11.9. The Bertz CT molecular complexity index is 588. The third-order valence-corrected chi connectivity index (χ3v) is 3.52. The minimum Gasteiger partial charge on any atom is -0.376 e. The SMILES string of the molecule is Cc1cc(C)cc(NCC(=O)Nc2ccc(I)cc2)c1. The van der Waals surface area contributed by atoms with E-state index < -0.39 is 0 Å². The molecule has 2 aromatic carbocycles. The molecule has 0 aliphatic carbocycles. The van der Waals surface area contributed by atoms with Crippen LogP contribution in [0, 0.1) is 17.4 Å². The molecule has 3 nitrogen and oxygen atoms in total. The van der Waals surface area contributed by atoms with E-state index in [1.165, 1.54) is 11.1 Å². The fourth-order valence-corrected chi connectivity index (χ4v) is 2.36. The molecule has 0 saturated carbocycles. The topological polar surface area (TPSA) is 41.1 Å². The van der Waals surface area contributed by atoms with Gasteiger partial charge in [0.2, 0.25) is 5.91 Å². The van der Waals surface area contributed by atoms with Crippen LogP contribution in [0.15, 0.2) is 42.5 Å². The minimum atomic E-state index is -0.0506. The van der Waals surface area contributed by atoms with Crippen LogP contribution < -0.4 is 10.6 Å². The standard InChI is InChI=1S/C16H17IN2O/c1-11-7-12(2)9-15(8-11)18-10-16(20)19-14-5-3-13(17)4-6-14/h3-9,18H,10H2,1-2H3,(H,19,20). The molecule has 0 aromatic heterocycles. The zero-order chi connectivity index (χ0) is 14.5. The predicted molar refractivity (Wildman–Crippen MR) is 92.2 cm³/mol. The Morgan fingerprint density at radius 2 is 1.60 bits per heavy atom. The zero-order valence-corrected chi connectivity index (χ0v) is 13.7. The zero-order valence-electron chi connectivity index (χ0n) is 11.5. The van der Waals surface area contributed by atoms with Gasteiger partial charge in [0.25, 0.3) is 0 Å². The number of hydrogen-bond donors (Lipinski definition) is 2. The molecule has 1 amide bonds. The summed E-state index contributed by atoms with van der Waals surface area (Å²) in [5.41, 5.74) is 4.16. The van der Waals surface area contributed by atoms with Gasteiger partial charge in [-0.05, 0) is 84.0 Å². The Kier molecular flexibility index (Phi) is 5.00. The molecule has 0 radical (unpaired) electrons. The quantitative estimate of drug-likeness (QED) is 0.789. The van der Waals surface area contributed by atoms with Crippen LogP contribution in [-0.4, -0.2) is 12.5 Å². The van der Waals surface area contributed by atoms with Crippen molar-refractivity contribution in [2.24, 2.45) is 0 Å². The van der Waals surface area contributed by atoms with Crippen LogP contribution in [0.5, 0.6) is 0 Å². The highest BCUT2D eigenvalue weighted by Crippen LogP contribution is 2.14. The molecule has 4 heteroatoms. The fourth-order valence-electron chi connectivity index (χ4n) is 2.00. The average Bonchev–Trinajstić information content (AvgIpc) is 2.38. The smallest absolute Gasteiger partial charge is 0.243 e. The molecule has 0 saturated heterocycles. The van der Waals surface area contributed by atoms with Crippen LogP contribution in [0.4, 0.5) is 11.4 Å². The van der Waals surface area contributed by atoms with E-state index in [1.54, 1.807) is 0 Å². The van der Waals surface area contributed by atoms with Crippen LogP contribution in [0.2, 0.25) is 0 Å². The normalized spacial score (nSPS) is 10.2. The Hall–Kier alpha value is -1.56. The lowest BCUT2D eigenvalue weighted by Gasteiger charge is -2.09. The molecular formula is C16H17IN2O. The van der Waals surface area contributed by atoms with Gasteiger partial charge in [-0.25, -0.2) is 0 Å². The summed E-state index contributed by atoms with van der Waals surface area (Å²) in [6, 6.07) is 13.9. The number of aryl methyl sites for hydroxylation is 2. The molecule has 2 N–H and O–H groups in total. The van der Waals surface area contributed by atoms with Crippen molar-refractivity contribution in [2.75, 3.05) is 17.2 Å². The summed E-state index contributed by atoms with van der Waals surface area (Å²) in [6.07, 6.45) is 0.